The molecular weight excluding hydrogens is 134 g/mol. The minimum absolute atomic E-state index is 0.289. The van der Waals surface area contributed by atoms with Gasteiger partial charge in [0.2, 0.25) is 0 Å². The summed E-state index contributed by atoms with van der Waals surface area (Å²) in [6.45, 7) is 7.68. The van der Waals surface area contributed by atoms with E-state index in [0.717, 1.165) is 19.4 Å². The first-order valence-electron chi connectivity index (χ1n) is 4.19. The van der Waals surface area contributed by atoms with Crippen molar-refractivity contribution in [1.29, 1.82) is 0 Å². The van der Waals surface area contributed by atoms with Gasteiger partial charge in [-0.25, -0.2) is 0 Å². The summed E-state index contributed by atoms with van der Waals surface area (Å²) >= 11 is 0. The zero-order chi connectivity index (χ0) is 8.91. The molecule has 0 unspecified atom stereocenters. The number of nitrogens with zero attached hydrogens (tertiary/aromatic N) is 1. The first-order valence-corrected chi connectivity index (χ1v) is 4.19. The van der Waals surface area contributed by atoms with Crippen LogP contribution in [0, 0.1) is 12.3 Å². The van der Waals surface area contributed by atoms with Gasteiger partial charge in [0.25, 0.3) is 0 Å². The van der Waals surface area contributed by atoms with Crippen molar-refractivity contribution in [2.45, 2.75) is 39.2 Å². The molecule has 0 aromatic heterocycles. The summed E-state index contributed by atoms with van der Waals surface area (Å²) < 4.78 is 0. The van der Waals surface area contributed by atoms with Gasteiger partial charge in [-0.05, 0) is 27.3 Å². The Labute approximate surface area is 70.8 Å². The zero-order valence-corrected chi connectivity index (χ0v) is 8.15. The van der Waals surface area contributed by atoms with Gasteiger partial charge in [-0.2, -0.15) is 0 Å². The lowest BCUT2D eigenvalue weighted by Gasteiger charge is -2.34. The highest BCUT2D eigenvalue weighted by molar-refractivity contribution is 4.87. The van der Waals surface area contributed by atoms with E-state index in [1.54, 1.807) is 0 Å². The molecule has 0 aromatic rings. The van der Waals surface area contributed by atoms with E-state index in [4.69, 9.17) is 6.42 Å². The van der Waals surface area contributed by atoms with E-state index in [2.05, 4.69) is 38.6 Å². The summed E-state index contributed by atoms with van der Waals surface area (Å²) in [6.07, 6.45) is 7.19. The van der Waals surface area contributed by atoms with Crippen LogP contribution in [0.15, 0.2) is 0 Å². The van der Waals surface area contributed by atoms with E-state index in [0.29, 0.717) is 0 Å². The number of terminal acetylenes is 1. The molecule has 1 heteroatoms. The van der Waals surface area contributed by atoms with Crippen molar-refractivity contribution in [3.05, 3.63) is 0 Å². The third-order valence-corrected chi connectivity index (χ3v) is 2.49. The molecule has 0 radical (unpaired) electrons. The van der Waals surface area contributed by atoms with Crippen LogP contribution in [0.5, 0.6) is 0 Å². The molecule has 0 bridgehead atoms. The van der Waals surface area contributed by atoms with Crippen molar-refractivity contribution in [1.82, 2.24) is 4.90 Å². The fourth-order valence-electron chi connectivity index (χ4n) is 0.805. The topological polar surface area (TPSA) is 3.24 Å². The predicted molar refractivity (Wildman–Crippen MR) is 50.5 cm³/mol. The van der Waals surface area contributed by atoms with Crippen LogP contribution in [0.25, 0.3) is 0 Å². The molecule has 1 nitrogen and oxygen atoms in total. The first-order chi connectivity index (χ1) is 5.04. The fraction of sp³-hybridized carbons (Fsp3) is 0.800. The molecule has 0 atom stereocenters. The monoisotopic (exact) mass is 153 g/mol. The van der Waals surface area contributed by atoms with Crippen molar-refractivity contribution < 1.29 is 0 Å². The Kier molecular flexibility index (Phi) is 4.22. The average Bonchev–Trinajstić information content (AvgIpc) is 2.00. The lowest BCUT2D eigenvalue weighted by molar-refractivity contribution is 0.155. The molecule has 0 saturated carbocycles. The molecule has 0 aliphatic rings. The predicted octanol–water partition coefficient (Wildman–Crippen LogP) is 2.13. The number of rotatable bonds is 4. The zero-order valence-electron chi connectivity index (χ0n) is 8.15. The van der Waals surface area contributed by atoms with Crippen LogP contribution in [0.1, 0.15) is 33.6 Å². The molecule has 0 aliphatic heterocycles. The Morgan fingerprint density at radius 3 is 2.36 bits per heavy atom. The lowest BCUT2D eigenvalue weighted by Crippen LogP contribution is -2.40. The molecule has 0 heterocycles. The largest absolute Gasteiger partial charge is 0.300 e. The number of hydrogen-bond acceptors (Lipinski definition) is 1. The molecule has 0 aliphatic carbocycles. The summed E-state index contributed by atoms with van der Waals surface area (Å²) in [6, 6.07) is 0. The van der Waals surface area contributed by atoms with Crippen LogP contribution in [0.2, 0.25) is 0 Å². The van der Waals surface area contributed by atoms with Crippen molar-refractivity contribution in [3.63, 3.8) is 0 Å². The normalized spacial score (nSPS) is 11.6. The second kappa shape index (κ2) is 4.41. The van der Waals surface area contributed by atoms with Crippen molar-refractivity contribution in [2.24, 2.45) is 0 Å². The van der Waals surface area contributed by atoms with Gasteiger partial charge in [0.1, 0.15) is 0 Å². The number of hydrogen-bond donors (Lipinski definition) is 0. The summed E-state index contributed by atoms with van der Waals surface area (Å²) in [7, 11) is 2.13. The maximum Gasteiger partial charge on any atom is 0.0214 e. The molecule has 0 saturated heterocycles. The first kappa shape index (κ1) is 10.5. The second-order valence-corrected chi connectivity index (χ2v) is 3.54. The van der Waals surface area contributed by atoms with Gasteiger partial charge in [0.15, 0.2) is 0 Å². The van der Waals surface area contributed by atoms with Crippen LogP contribution < -0.4 is 0 Å². The Bertz CT molecular complexity index is 141. The summed E-state index contributed by atoms with van der Waals surface area (Å²) in [5, 5.41) is 0. The molecule has 64 valence electrons. The van der Waals surface area contributed by atoms with Crippen LogP contribution in [0.4, 0.5) is 0 Å². The summed E-state index contributed by atoms with van der Waals surface area (Å²) in [4.78, 5) is 2.31. The van der Waals surface area contributed by atoms with E-state index in [1.807, 2.05) is 0 Å². The molecule has 0 amide bonds. The van der Waals surface area contributed by atoms with Gasteiger partial charge >= 0.3 is 0 Å². The minimum Gasteiger partial charge on any atom is -0.300 e. The fourth-order valence-corrected chi connectivity index (χ4v) is 0.805. The Balaban J connectivity index is 3.83. The Hall–Kier alpha value is -0.480. The van der Waals surface area contributed by atoms with Crippen LogP contribution in [0.3, 0.4) is 0 Å². The van der Waals surface area contributed by atoms with Crippen LogP contribution in [-0.2, 0) is 0 Å². The quantitative estimate of drug-likeness (QED) is 0.559. The van der Waals surface area contributed by atoms with Crippen LogP contribution >= 0.6 is 0 Å². The van der Waals surface area contributed by atoms with Gasteiger partial charge < -0.3 is 4.90 Å². The third-order valence-electron chi connectivity index (χ3n) is 2.49. The molecule has 0 N–H and O–H groups in total. The maximum absolute atomic E-state index is 5.18. The van der Waals surface area contributed by atoms with Gasteiger partial charge in [-0.15, -0.1) is 12.3 Å². The molecular formula is C10H19N. The standard InChI is InChI=1S/C10H19N/c1-6-8-9-11(5)10(3,4)7-2/h1H,7-9H2,2-5H3. The average molecular weight is 153 g/mol. The van der Waals surface area contributed by atoms with Gasteiger partial charge in [0.05, 0.1) is 0 Å². The van der Waals surface area contributed by atoms with E-state index >= 15 is 0 Å². The van der Waals surface area contributed by atoms with Gasteiger partial charge in [0, 0.05) is 18.5 Å². The molecule has 0 aromatic carbocycles. The van der Waals surface area contributed by atoms with Crippen LogP contribution in [-0.4, -0.2) is 24.0 Å². The van der Waals surface area contributed by atoms with E-state index in [1.165, 1.54) is 0 Å². The maximum atomic E-state index is 5.18. The van der Waals surface area contributed by atoms with Crippen molar-refractivity contribution in [3.8, 4) is 12.3 Å². The lowest BCUT2D eigenvalue weighted by atomic mass is 10.00. The third kappa shape index (κ3) is 3.43. The summed E-state index contributed by atoms with van der Waals surface area (Å²) in [5.41, 5.74) is 0.289. The molecule has 0 fully saturated rings. The van der Waals surface area contributed by atoms with E-state index in [9.17, 15) is 0 Å². The highest BCUT2D eigenvalue weighted by atomic mass is 15.2. The Morgan fingerprint density at radius 2 is 2.00 bits per heavy atom. The molecule has 0 rings (SSSR count). The summed E-state index contributed by atoms with van der Waals surface area (Å²) in [5.74, 6) is 2.65. The minimum atomic E-state index is 0.289. The Morgan fingerprint density at radius 1 is 1.45 bits per heavy atom. The second-order valence-electron chi connectivity index (χ2n) is 3.54. The van der Waals surface area contributed by atoms with E-state index in [-0.39, 0.29) is 5.54 Å². The van der Waals surface area contributed by atoms with E-state index < -0.39 is 0 Å². The highest BCUT2D eigenvalue weighted by Crippen LogP contribution is 2.15. The SMILES string of the molecule is C#CCCN(C)C(C)(C)CC. The smallest absolute Gasteiger partial charge is 0.0214 e. The highest BCUT2D eigenvalue weighted by Gasteiger charge is 2.19. The molecule has 11 heavy (non-hydrogen) atoms. The van der Waals surface area contributed by atoms with Crippen molar-refractivity contribution in [2.75, 3.05) is 13.6 Å². The molecule has 0 spiro atoms. The van der Waals surface area contributed by atoms with Gasteiger partial charge in [-0.3, -0.25) is 0 Å². The van der Waals surface area contributed by atoms with Gasteiger partial charge in [-0.1, -0.05) is 6.92 Å². The van der Waals surface area contributed by atoms with Crippen molar-refractivity contribution >= 4 is 0 Å².